The summed E-state index contributed by atoms with van der Waals surface area (Å²) in [5.74, 6) is 2.16. The second-order valence-corrected chi connectivity index (χ2v) is 5.98. The third-order valence-electron chi connectivity index (χ3n) is 4.45. The van der Waals surface area contributed by atoms with E-state index in [1.807, 2.05) is 12.1 Å². The number of ether oxygens (including phenoxy) is 2. The number of nitrogens with one attached hydrogen (secondary N) is 1. The topological polar surface area (TPSA) is 33.7 Å². The van der Waals surface area contributed by atoms with Gasteiger partial charge in [0, 0.05) is 25.2 Å². The highest BCUT2D eigenvalue weighted by Crippen LogP contribution is 2.38. The molecule has 0 saturated carbocycles. The molecule has 20 heavy (non-hydrogen) atoms. The van der Waals surface area contributed by atoms with Crippen LogP contribution in [-0.4, -0.2) is 44.8 Å². The van der Waals surface area contributed by atoms with Crippen molar-refractivity contribution in [3.8, 4) is 11.5 Å². The largest absolute Gasteiger partial charge is 0.495 e. The van der Waals surface area contributed by atoms with Gasteiger partial charge in [-0.3, -0.25) is 0 Å². The summed E-state index contributed by atoms with van der Waals surface area (Å²) in [5, 5.41) is 4.24. The predicted octanol–water partition coefficient (Wildman–Crippen LogP) is 2.86. The van der Waals surface area contributed by atoms with Gasteiger partial charge in [-0.15, -0.1) is 0 Å². The molecule has 0 spiro atoms. The molecule has 2 aliphatic heterocycles. The van der Waals surface area contributed by atoms with Crippen LogP contribution < -0.4 is 14.8 Å². The molecule has 2 heterocycles. The highest BCUT2D eigenvalue weighted by molar-refractivity contribution is 6.32. The van der Waals surface area contributed by atoms with Crippen LogP contribution in [0.3, 0.4) is 0 Å². The van der Waals surface area contributed by atoms with Crippen LogP contribution in [0.25, 0.3) is 0 Å². The monoisotopic (exact) mass is 296 g/mol. The SMILES string of the molecule is COc1cc(OC)c(NC2CCN3CCC2C3)cc1Cl. The molecule has 0 aromatic heterocycles. The predicted molar refractivity (Wildman–Crippen MR) is 81.1 cm³/mol. The zero-order valence-corrected chi connectivity index (χ0v) is 12.7. The fraction of sp³-hybridized carbons (Fsp3) is 0.600. The fourth-order valence-electron chi connectivity index (χ4n) is 3.31. The van der Waals surface area contributed by atoms with Gasteiger partial charge in [0.2, 0.25) is 0 Å². The number of benzene rings is 1. The summed E-state index contributed by atoms with van der Waals surface area (Å²) in [4.78, 5) is 2.54. The number of halogens is 1. The molecule has 0 amide bonds. The van der Waals surface area contributed by atoms with Crippen molar-refractivity contribution in [3.05, 3.63) is 17.2 Å². The van der Waals surface area contributed by atoms with E-state index in [0.29, 0.717) is 16.8 Å². The van der Waals surface area contributed by atoms with Crippen LogP contribution in [-0.2, 0) is 0 Å². The van der Waals surface area contributed by atoms with Gasteiger partial charge in [-0.25, -0.2) is 0 Å². The van der Waals surface area contributed by atoms with Crippen molar-refractivity contribution in [1.29, 1.82) is 0 Å². The first kappa shape index (κ1) is 13.8. The maximum atomic E-state index is 6.23. The molecule has 4 nitrogen and oxygen atoms in total. The molecule has 5 heteroatoms. The molecule has 0 radical (unpaired) electrons. The molecule has 3 atom stereocenters. The van der Waals surface area contributed by atoms with Crippen molar-refractivity contribution in [2.24, 2.45) is 5.92 Å². The van der Waals surface area contributed by atoms with Crippen molar-refractivity contribution in [1.82, 2.24) is 4.90 Å². The smallest absolute Gasteiger partial charge is 0.145 e. The molecule has 1 aromatic rings. The lowest BCUT2D eigenvalue weighted by molar-refractivity contribution is 0.254. The van der Waals surface area contributed by atoms with Crippen LogP contribution in [0.1, 0.15) is 12.8 Å². The summed E-state index contributed by atoms with van der Waals surface area (Å²) in [6.07, 6.45) is 2.46. The summed E-state index contributed by atoms with van der Waals surface area (Å²) in [7, 11) is 3.29. The second-order valence-electron chi connectivity index (χ2n) is 5.58. The average molecular weight is 297 g/mol. The fourth-order valence-corrected chi connectivity index (χ4v) is 3.55. The van der Waals surface area contributed by atoms with E-state index in [1.165, 1.54) is 32.5 Å². The number of methoxy groups -OCH3 is 2. The third kappa shape index (κ3) is 2.54. The lowest BCUT2D eigenvalue weighted by Crippen LogP contribution is -2.39. The highest BCUT2D eigenvalue weighted by Gasteiger charge is 2.34. The first-order valence-corrected chi connectivity index (χ1v) is 7.49. The zero-order valence-electron chi connectivity index (χ0n) is 12.0. The lowest BCUT2D eigenvalue weighted by atomic mass is 9.94. The number of rotatable bonds is 4. The van der Waals surface area contributed by atoms with E-state index in [9.17, 15) is 0 Å². The Morgan fingerprint density at radius 1 is 1.15 bits per heavy atom. The molecule has 2 fully saturated rings. The number of hydrogen-bond donors (Lipinski definition) is 1. The summed E-state index contributed by atoms with van der Waals surface area (Å²) < 4.78 is 10.7. The molecule has 3 unspecified atom stereocenters. The Balaban J connectivity index is 1.81. The van der Waals surface area contributed by atoms with Gasteiger partial charge >= 0.3 is 0 Å². The van der Waals surface area contributed by atoms with Crippen LogP contribution in [0, 0.1) is 5.92 Å². The Bertz CT molecular complexity index is 495. The molecular weight excluding hydrogens is 276 g/mol. The molecule has 3 rings (SSSR count). The van der Waals surface area contributed by atoms with E-state index in [2.05, 4.69) is 10.2 Å². The summed E-state index contributed by atoms with van der Waals surface area (Å²) in [5.41, 5.74) is 0.962. The quantitative estimate of drug-likeness (QED) is 0.926. The van der Waals surface area contributed by atoms with Crippen LogP contribution in [0.2, 0.25) is 5.02 Å². The van der Waals surface area contributed by atoms with Gasteiger partial charge in [0.25, 0.3) is 0 Å². The van der Waals surface area contributed by atoms with E-state index in [-0.39, 0.29) is 0 Å². The van der Waals surface area contributed by atoms with Crippen molar-refractivity contribution in [2.75, 3.05) is 39.2 Å². The number of piperidine rings is 1. The highest BCUT2D eigenvalue weighted by atomic mass is 35.5. The summed E-state index contributed by atoms with van der Waals surface area (Å²) in [6, 6.07) is 4.25. The maximum Gasteiger partial charge on any atom is 0.145 e. The first-order valence-electron chi connectivity index (χ1n) is 7.11. The Hall–Kier alpha value is -1.13. The summed E-state index contributed by atoms with van der Waals surface area (Å²) >= 11 is 6.23. The van der Waals surface area contributed by atoms with E-state index < -0.39 is 0 Å². The molecular formula is C15H21ClN2O2. The van der Waals surface area contributed by atoms with Gasteiger partial charge in [0.05, 0.1) is 24.9 Å². The van der Waals surface area contributed by atoms with Crippen molar-refractivity contribution >= 4 is 17.3 Å². The van der Waals surface area contributed by atoms with Gasteiger partial charge in [0.1, 0.15) is 11.5 Å². The summed E-state index contributed by atoms with van der Waals surface area (Å²) in [6.45, 7) is 3.63. The van der Waals surface area contributed by atoms with Crippen molar-refractivity contribution < 1.29 is 9.47 Å². The zero-order chi connectivity index (χ0) is 14.1. The normalized spacial score (nSPS) is 28.2. The first-order chi connectivity index (χ1) is 9.71. The number of nitrogens with zero attached hydrogens (tertiary/aromatic N) is 1. The Morgan fingerprint density at radius 3 is 2.65 bits per heavy atom. The Kier molecular flexibility index (Phi) is 3.94. The Morgan fingerprint density at radius 2 is 1.90 bits per heavy atom. The average Bonchev–Trinajstić information content (AvgIpc) is 2.85. The van der Waals surface area contributed by atoms with Crippen LogP contribution in [0.5, 0.6) is 11.5 Å². The molecule has 0 aliphatic carbocycles. The third-order valence-corrected chi connectivity index (χ3v) is 4.74. The molecule has 1 aromatic carbocycles. The minimum Gasteiger partial charge on any atom is -0.495 e. The molecule has 110 valence electrons. The van der Waals surface area contributed by atoms with Crippen LogP contribution >= 0.6 is 11.6 Å². The van der Waals surface area contributed by atoms with Crippen LogP contribution in [0.15, 0.2) is 12.1 Å². The second kappa shape index (κ2) is 5.70. The van der Waals surface area contributed by atoms with Gasteiger partial charge < -0.3 is 19.7 Å². The van der Waals surface area contributed by atoms with Crippen LogP contribution in [0.4, 0.5) is 5.69 Å². The number of fused-ring (bicyclic) bond motifs is 2. The molecule has 1 N–H and O–H groups in total. The lowest BCUT2D eigenvalue weighted by Gasteiger charge is -2.32. The number of anilines is 1. The van der Waals surface area contributed by atoms with Gasteiger partial charge in [-0.2, -0.15) is 0 Å². The van der Waals surface area contributed by atoms with E-state index in [1.54, 1.807) is 14.2 Å². The van der Waals surface area contributed by atoms with Gasteiger partial charge in [0.15, 0.2) is 0 Å². The van der Waals surface area contributed by atoms with Gasteiger partial charge in [-0.05, 0) is 31.4 Å². The minimum atomic E-state index is 0.507. The molecule has 2 aliphatic rings. The van der Waals surface area contributed by atoms with E-state index in [0.717, 1.165) is 17.4 Å². The maximum absolute atomic E-state index is 6.23. The van der Waals surface area contributed by atoms with Crippen molar-refractivity contribution in [2.45, 2.75) is 18.9 Å². The van der Waals surface area contributed by atoms with E-state index in [4.69, 9.17) is 21.1 Å². The number of hydrogen-bond acceptors (Lipinski definition) is 4. The van der Waals surface area contributed by atoms with E-state index >= 15 is 0 Å². The van der Waals surface area contributed by atoms with Gasteiger partial charge in [-0.1, -0.05) is 11.6 Å². The standard InChI is InChI=1S/C15H21ClN2O2/c1-19-14-8-15(20-2)13(7-11(14)16)17-12-4-6-18-5-3-10(12)9-18/h7-8,10,12,17H,3-6,9H2,1-2H3. The minimum absolute atomic E-state index is 0.507. The molecule has 2 bridgehead atoms. The molecule has 2 saturated heterocycles. The van der Waals surface area contributed by atoms with Crippen molar-refractivity contribution in [3.63, 3.8) is 0 Å². The Labute approximate surface area is 125 Å².